The number of hydrogen-bond donors (Lipinski definition) is 9. The molecule has 6 bridgehead atoms. The van der Waals surface area contributed by atoms with Crippen molar-refractivity contribution >= 4 is 39.4 Å². The molecule has 14 nitrogen and oxygen atoms in total. The number of dihydropyridines is 1. The minimum Gasteiger partial charge on any atom is -0.511 e. The van der Waals surface area contributed by atoms with E-state index in [0.717, 1.165) is 55.9 Å². The Labute approximate surface area is 410 Å². The molecule has 0 aromatic heterocycles. The number of carbonyl (C=O) groups is 3. The van der Waals surface area contributed by atoms with E-state index < -0.39 is 70.4 Å². The highest BCUT2D eigenvalue weighted by molar-refractivity contribution is 8.76. The van der Waals surface area contributed by atoms with E-state index >= 15 is 9.59 Å². The molecule has 16 heteroatoms. The number of ether oxygens (including phenoxy) is 2. The molecule has 3 saturated carbocycles. The fourth-order valence-corrected chi connectivity index (χ4v) is 17.1. The van der Waals surface area contributed by atoms with Gasteiger partial charge in [-0.25, -0.2) is 0 Å². The number of fused-ring (bicyclic) bond motifs is 4. The third-order valence-electron chi connectivity index (χ3n) is 17.3. The van der Waals surface area contributed by atoms with Gasteiger partial charge in [0, 0.05) is 29.9 Å². The molecule has 9 N–H and O–H groups in total. The Morgan fingerprint density at radius 2 is 1.71 bits per heavy atom. The molecule has 4 fully saturated rings. The number of Topliss-reactive ketones (excluding diaryl/α,β-unsaturated/α-hetero) is 2. The molecule has 10 rings (SSSR count). The zero-order valence-corrected chi connectivity index (χ0v) is 40.3. The van der Waals surface area contributed by atoms with Gasteiger partial charge < -0.3 is 60.6 Å². The van der Waals surface area contributed by atoms with Gasteiger partial charge in [0.2, 0.25) is 6.29 Å². The van der Waals surface area contributed by atoms with Crippen LogP contribution in [0.3, 0.4) is 0 Å². The summed E-state index contributed by atoms with van der Waals surface area (Å²) in [5, 5.41) is 87.2. The summed E-state index contributed by atoms with van der Waals surface area (Å²) in [7, 11) is 2.76. The van der Waals surface area contributed by atoms with E-state index in [2.05, 4.69) is 16.7 Å². The van der Waals surface area contributed by atoms with Gasteiger partial charge in [0.15, 0.2) is 11.6 Å². The highest BCUT2D eigenvalue weighted by Crippen LogP contribution is 2.70. The van der Waals surface area contributed by atoms with Crippen LogP contribution in [0.4, 0.5) is 0 Å². The topological polar surface area (TPSA) is 235 Å². The predicted octanol–water partition coefficient (Wildman–Crippen LogP) is 5.50. The first-order valence-electron chi connectivity index (χ1n) is 24.6. The zero-order chi connectivity index (χ0) is 48.3. The van der Waals surface area contributed by atoms with Gasteiger partial charge in [-0.15, -0.1) is 0 Å². The quantitative estimate of drug-likeness (QED) is 0.117. The van der Waals surface area contributed by atoms with E-state index in [4.69, 9.17) is 9.47 Å². The number of aliphatic hydroxyl groups excluding tert-OH is 6. The van der Waals surface area contributed by atoms with Gasteiger partial charge in [-0.05, 0) is 127 Å². The molecular formula is C53H64N2O12S2. The first-order valence-corrected chi connectivity index (χ1v) is 26.9. The molecule has 3 heterocycles. The highest BCUT2D eigenvalue weighted by Gasteiger charge is 2.66. The summed E-state index contributed by atoms with van der Waals surface area (Å²) >= 11 is 0. The van der Waals surface area contributed by atoms with Crippen molar-refractivity contribution in [3.05, 3.63) is 112 Å². The third kappa shape index (κ3) is 8.13. The number of hydrogen-bond acceptors (Lipinski definition) is 16. The molecule has 0 radical (unpaired) electrons. The van der Waals surface area contributed by atoms with Crippen molar-refractivity contribution in [2.45, 2.75) is 126 Å². The largest absolute Gasteiger partial charge is 0.511 e. The average molecular weight is 985 g/mol. The Bertz CT molecular complexity index is 2490. The second kappa shape index (κ2) is 18.9. The van der Waals surface area contributed by atoms with Gasteiger partial charge in [0.1, 0.15) is 47.1 Å². The van der Waals surface area contributed by atoms with Gasteiger partial charge in [0.25, 0.3) is 0 Å². The minimum atomic E-state index is -2.36. The molecule has 8 aliphatic rings. The van der Waals surface area contributed by atoms with Crippen LogP contribution in [0.2, 0.25) is 0 Å². The molecule has 3 aliphatic heterocycles. The fourth-order valence-electron chi connectivity index (χ4n) is 14.2. The molecule has 370 valence electrons. The Balaban J connectivity index is 1.09. The smallest absolute Gasteiger partial charge is 0.229 e. The number of rotatable bonds is 8. The Morgan fingerprint density at radius 1 is 0.913 bits per heavy atom. The molecule has 11 atom stereocenters. The van der Waals surface area contributed by atoms with Crippen molar-refractivity contribution in [3.63, 3.8) is 0 Å². The van der Waals surface area contributed by atoms with Gasteiger partial charge in [-0.3, -0.25) is 9.59 Å². The molecule has 2 aromatic carbocycles. The molecule has 1 saturated heterocycles. The van der Waals surface area contributed by atoms with Crippen molar-refractivity contribution in [2.75, 3.05) is 25.6 Å². The third-order valence-corrected chi connectivity index (χ3v) is 20.0. The van der Waals surface area contributed by atoms with Crippen LogP contribution in [0.15, 0.2) is 89.5 Å². The first kappa shape index (κ1) is 48.6. The maximum absolute atomic E-state index is 15.8. The standard InChI is InChI=1S/C53H64N2O12S2/c56-17-5-10-41-53-37(20-33(21-40(53)60)19-31-6-3-7-32(18-31)24-57)44(61)36-8-4-9-38(43(36)46(53)63)66-48-47(64)52(65,45(62)39(26-59)67-48)29-51(34-11-16-54-42(22-34)55-30-68-69-41)15-14-50(28-51)27-49(12-1-2-13-49)23-35(50)25-58/h3-4,6-9,11,18,20-22,25,35,37,39,41,45,47-48,54-57,59-60,62,64-65H,1-2,5,10,12-17,19,23-24,26-30H2. The lowest BCUT2D eigenvalue weighted by molar-refractivity contribution is -0.319. The van der Waals surface area contributed by atoms with Gasteiger partial charge >= 0.3 is 0 Å². The molecule has 5 aliphatic carbocycles. The van der Waals surface area contributed by atoms with Crippen LogP contribution in [0.5, 0.6) is 5.75 Å². The minimum absolute atomic E-state index is 0.0222. The van der Waals surface area contributed by atoms with Crippen molar-refractivity contribution in [1.29, 1.82) is 0 Å². The van der Waals surface area contributed by atoms with Crippen molar-refractivity contribution in [3.8, 4) is 5.75 Å². The summed E-state index contributed by atoms with van der Waals surface area (Å²) in [5.74, 6) is -1.91. The van der Waals surface area contributed by atoms with Gasteiger partial charge in [0.05, 0.1) is 36.4 Å². The van der Waals surface area contributed by atoms with Crippen LogP contribution < -0.4 is 15.4 Å². The van der Waals surface area contributed by atoms with Crippen LogP contribution in [0, 0.1) is 33.5 Å². The number of nitrogens with one attached hydrogen (secondary N) is 2. The summed E-state index contributed by atoms with van der Waals surface area (Å²) in [6, 6.07) is 11.9. The summed E-state index contributed by atoms with van der Waals surface area (Å²) in [4.78, 5) is 44.1. The van der Waals surface area contributed by atoms with Crippen molar-refractivity contribution in [1.82, 2.24) is 10.6 Å². The molecule has 0 amide bonds. The molecule has 4 spiro atoms. The summed E-state index contributed by atoms with van der Waals surface area (Å²) in [5.41, 5.74) is -2.47. The number of benzene rings is 2. The predicted molar refractivity (Wildman–Crippen MR) is 260 cm³/mol. The zero-order valence-electron chi connectivity index (χ0n) is 38.7. The summed E-state index contributed by atoms with van der Waals surface area (Å²) in [6.45, 7) is -0.695. The van der Waals surface area contributed by atoms with E-state index in [-0.39, 0.29) is 71.9 Å². The number of ketones is 2. The Kier molecular flexibility index (Phi) is 13.3. The first-order chi connectivity index (χ1) is 33.3. The average Bonchev–Trinajstić information content (AvgIpc) is 4.06. The van der Waals surface area contributed by atoms with Gasteiger partial charge in [-0.2, -0.15) is 0 Å². The Hall–Kier alpha value is -3.97. The van der Waals surface area contributed by atoms with Crippen LogP contribution in [-0.4, -0.2) is 115 Å². The van der Waals surface area contributed by atoms with Crippen LogP contribution in [0.1, 0.15) is 109 Å². The summed E-state index contributed by atoms with van der Waals surface area (Å²) < 4.78 is 12.6. The van der Waals surface area contributed by atoms with E-state index in [9.17, 15) is 40.5 Å². The molecular weight excluding hydrogens is 921 g/mol. The molecule has 69 heavy (non-hydrogen) atoms. The number of carbonyl (C=O) groups excluding carboxylic acids is 3. The van der Waals surface area contributed by atoms with Crippen LogP contribution >= 0.6 is 21.6 Å². The second-order valence-corrected chi connectivity index (χ2v) is 23.8. The highest BCUT2D eigenvalue weighted by atomic mass is 33.1. The lowest BCUT2D eigenvalue weighted by Crippen LogP contribution is -2.69. The number of aldehydes is 1. The lowest BCUT2D eigenvalue weighted by atomic mass is 9.57. The second-order valence-electron chi connectivity index (χ2n) is 21.2. The van der Waals surface area contributed by atoms with Crippen LogP contribution in [0.25, 0.3) is 0 Å². The maximum atomic E-state index is 15.8. The SMILES string of the molecule is O=CC1CC2(CCCC2)CC12CCC1(C2)CC2(O)C(O)C(CO)OC(Oc3cccc4c3C(=O)C3(C(O)=CC(Cc5cccc(CO)c5)=CC3C4=O)C(CCCO)SSCNC3=CC1=CCN3)C2O. The normalized spacial score (nSPS) is 37.1. The maximum Gasteiger partial charge on any atom is 0.229 e. The van der Waals surface area contributed by atoms with Gasteiger partial charge in [-0.1, -0.05) is 83.0 Å². The molecule has 2 aromatic rings. The van der Waals surface area contributed by atoms with Crippen LogP contribution in [-0.2, 0) is 22.6 Å². The van der Waals surface area contributed by atoms with E-state index in [1.807, 2.05) is 24.3 Å². The monoisotopic (exact) mass is 984 g/mol. The number of aliphatic hydroxyl groups is 7. The number of allylic oxidation sites excluding steroid dienone is 6. The van der Waals surface area contributed by atoms with Crippen molar-refractivity contribution < 1.29 is 59.6 Å². The lowest BCUT2D eigenvalue weighted by Gasteiger charge is -2.51. The van der Waals surface area contributed by atoms with E-state index in [1.54, 1.807) is 18.2 Å². The van der Waals surface area contributed by atoms with Crippen molar-refractivity contribution in [2.24, 2.45) is 33.5 Å². The molecule has 11 unspecified atom stereocenters. The van der Waals surface area contributed by atoms with E-state index in [1.165, 1.54) is 39.8 Å². The van der Waals surface area contributed by atoms with E-state index in [0.29, 0.717) is 55.1 Å². The summed E-state index contributed by atoms with van der Waals surface area (Å²) in [6.07, 6.45) is 10.1. The Morgan fingerprint density at radius 3 is 2.48 bits per heavy atom. The fraction of sp³-hybridized carbons (Fsp3) is 0.566.